The van der Waals surface area contributed by atoms with Crippen LogP contribution < -0.4 is 10.2 Å². The van der Waals surface area contributed by atoms with E-state index in [1.165, 1.54) is 11.5 Å². The quantitative estimate of drug-likeness (QED) is 0.326. The van der Waals surface area contributed by atoms with Crippen LogP contribution in [0.1, 0.15) is 19.7 Å². The summed E-state index contributed by atoms with van der Waals surface area (Å²) < 4.78 is 16.8. The van der Waals surface area contributed by atoms with Gasteiger partial charge in [-0.1, -0.05) is 25.1 Å². The van der Waals surface area contributed by atoms with Crippen LogP contribution in [0.4, 0.5) is 5.13 Å². The van der Waals surface area contributed by atoms with Crippen LogP contribution in [0.2, 0.25) is 0 Å². The van der Waals surface area contributed by atoms with Crippen molar-refractivity contribution in [2.24, 2.45) is 4.99 Å². The smallest absolute Gasteiger partial charge is 0.205 e. The van der Waals surface area contributed by atoms with Gasteiger partial charge >= 0.3 is 0 Å². The number of aryl methyl sites for hydroxylation is 1. The van der Waals surface area contributed by atoms with E-state index in [4.69, 9.17) is 4.99 Å². The molecule has 1 N–H and O–H groups in total. The monoisotopic (exact) mass is 548 g/mol. The average Bonchev–Trinajstić information content (AvgIpc) is 3.23. The summed E-state index contributed by atoms with van der Waals surface area (Å²) >= 11 is 1.48. The predicted molar refractivity (Wildman–Crippen MR) is 132 cm³/mol. The molecule has 1 fully saturated rings. The predicted octanol–water partition coefficient (Wildman–Crippen LogP) is 2.61. The molecule has 0 saturated carbocycles. The van der Waals surface area contributed by atoms with Gasteiger partial charge in [0.2, 0.25) is 5.13 Å². The first-order chi connectivity index (χ1) is 13.7. The number of hydrogen-bond donors (Lipinski definition) is 1. The number of aromatic nitrogens is 2. The van der Waals surface area contributed by atoms with Gasteiger partial charge in [0.25, 0.3) is 0 Å². The molecule has 7 nitrogen and oxygen atoms in total. The Morgan fingerprint density at radius 1 is 1.21 bits per heavy atom. The molecule has 10 heteroatoms. The first-order valence-electron chi connectivity index (χ1n) is 9.75. The van der Waals surface area contributed by atoms with Crippen molar-refractivity contribution in [3.63, 3.8) is 0 Å². The summed E-state index contributed by atoms with van der Waals surface area (Å²) in [7, 11) is -1.01. The number of hydrogen-bond acceptors (Lipinski definition) is 6. The van der Waals surface area contributed by atoms with E-state index in [9.17, 15) is 4.21 Å². The van der Waals surface area contributed by atoms with Crippen LogP contribution in [0.15, 0.2) is 40.2 Å². The van der Waals surface area contributed by atoms with Gasteiger partial charge in [-0.05, 0) is 19.1 Å². The van der Waals surface area contributed by atoms with Gasteiger partial charge in [-0.3, -0.25) is 9.20 Å². The Morgan fingerprint density at radius 3 is 2.55 bits per heavy atom. The van der Waals surface area contributed by atoms with Crippen molar-refractivity contribution in [1.29, 1.82) is 0 Å². The summed E-state index contributed by atoms with van der Waals surface area (Å²) in [4.78, 5) is 14.7. The number of halogens is 1. The molecule has 1 aliphatic heterocycles. The highest BCUT2D eigenvalue weighted by Gasteiger charge is 2.22. The Hall–Kier alpha value is -1.27. The second kappa shape index (κ2) is 12.4. The number of benzene rings is 1. The van der Waals surface area contributed by atoms with E-state index in [0.29, 0.717) is 12.3 Å². The first kappa shape index (κ1) is 24.0. The molecular weight excluding hydrogens is 519 g/mol. The van der Waals surface area contributed by atoms with Crippen LogP contribution in [0, 0.1) is 0 Å². The molecule has 3 rings (SSSR count). The summed E-state index contributed by atoms with van der Waals surface area (Å²) in [5.74, 6) is 2.35. The van der Waals surface area contributed by atoms with Crippen LogP contribution in [0.3, 0.4) is 0 Å². The van der Waals surface area contributed by atoms with Gasteiger partial charge in [-0.15, -0.1) is 24.0 Å². The average molecular weight is 549 g/mol. The first-order valence-corrected chi connectivity index (χ1v) is 11.8. The van der Waals surface area contributed by atoms with Crippen molar-refractivity contribution in [3.8, 4) is 0 Å². The normalized spacial score (nSPS) is 15.7. The van der Waals surface area contributed by atoms with Crippen molar-refractivity contribution >= 4 is 57.4 Å². The van der Waals surface area contributed by atoms with Crippen LogP contribution in [0.25, 0.3) is 0 Å². The molecule has 0 radical (unpaired) electrons. The maximum Gasteiger partial charge on any atom is 0.205 e. The zero-order chi connectivity index (χ0) is 19.8. The molecule has 2 heterocycles. The molecule has 29 heavy (non-hydrogen) atoms. The molecule has 1 aliphatic rings. The molecule has 0 aliphatic carbocycles. The lowest BCUT2D eigenvalue weighted by molar-refractivity contribution is 0.372. The van der Waals surface area contributed by atoms with Gasteiger partial charge in [0.15, 0.2) is 5.96 Å². The highest BCUT2D eigenvalue weighted by molar-refractivity contribution is 14.0. The standard InChI is InChI=1S/C19H28N6OS2.HI/c1-3-17-22-19(27-23-17)25-13-11-24(12-14-25)18(20-4-2)21-10-15-28(26)16-8-6-5-7-9-16;/h5-9H,3-4,10-15H2,1-2H3,(H,20,21);1H. The second-order valence-electron chi connectivity index (χ2n) is 6.42. The molecule has 1 atom stereocenters. The fourth-order valence-electron chi connectivity index (χ4n) is 2.98. The summed E-state index contributed by atoms with van der Waals surface area (Å²) in [5, 5.41) is 4.38. The number of anilines is 1. The van der Waals surface area contributed by atoms with Crippen LogP contribution in [-0.2, 0) is 17.2 Å². The fraction of sp³-hybridized carbons (Fsp3) is 0.526. The van der Waals surface area contributed by atoms with Gasteiger partial charge < -0.3 is 15.1 Å². The maximum atomic E-state index is 12.4. The third-order valence-corrected chi connectivity index (χ3v) is 6.67. The number of rotatable bonds is 7. The van der Waals surface area contributed by atoms with Crippen molar-refractivity contribution < 1.29 is 4.21 Å². The van der Waals surface area contributed by atoms with Crippen LogP contribution in [-0.4, -0.2) is 69.4 Å². The van der Waals surface area contributed by atoms with E-state index < -0.39 is 10.8 Å². The molecule has 0 spiro atoms. The van der Waals surface area contributed by atoms with E-state index >= 15 is 0 Å². The Bertz CT molecular complexity index is 793. The molecule has 1 aromatic heterocycles. The lowest BCUT2D eigenvalue weighted by Gasteiger charge is -2.36. The van der Waals surface area contributed by atoms with Crippen molar-refractivity contribution in [2.75, 3.05) is 49.9 Å². The topological polar surface area (TPSA) is 73.7 Å². The fourth-order valence-corrected chi connectivity index (χ4v) is 4.73. The number of nitrogens with zero attached hydrogens (tertiary/aromatic N) is 5. The number of piperazine rings is 1. The minimum absolute atomic E-state index is 0. The van der Waals surface area contributed by atoms with Gasteiger partial charge in [0, 0.05) is 61.3 Å². The highest BCUT2D eigenvalue weighted by atomic mass is 127. The van der Waals surface area contributed by atoms with E-state index in [2.05, 4.69) is 38.3 Å². The van der Waals surface area contributed by atoms with Crippen molar-refractivity contribution in [2.45, 2.75) is 25.2 Å². The summed E-state index contributed by atoms with van der Waals surface area (Å²) in [6.45, 7) is 9.08. The van der Waals surface area contributed by atoms with Crippen LogP contribution in [0.5, 0.6) is 0 Å². The number of guanidine groups is 1. The molecule has 2 aromatic rings. The molecule has 1 unspecified atom stereocenters. The lowest BCUT2D eigenvalue weighted by Crippen LogP contribution is -2.52. The Labute approximate surface area is 196 Å². The largest absolute Gasteiger partial charge is 0.357 e. The zero-order valence-electron chi connectivity index (χ0n) is 16.9. The molecule has 0 amide bonds. The third kappa shape index (κ3) is 6.88. The summed E-state index contributed by atoms with van der Waals surface area (Å²) in [6.07, 6.45) is 0.873. The minimum Gasteiger partial charge on any atom is -0.357 e. The highest BCUT2D eigenvalue weighted by Crippen LogP contribution is 2.19. The van der Waals surface area contributed by atoms with E-state index in [1.807, 2.05) is 30.3 Å². The van der Waals surface area contributed by atoms with Crippen LogP contribution >= 0.6 is 35.5 Å². The van der Waals surface area contributed by atoms with Crippen molar-refractivity contribution in [1.82, 2.24) is 19.6 Å². The number of aliphatic imine (C=N–C) groups is 1. The number of nitrogens with one attached hydrogen (secondary N) is 1. The zero-order valence-corrected chi connectivity index (χ0v) is 20.9. The Balaban J connectivity index is 0.00000300. The Kier molecular flexibility index (Phi) is 10.3. The van der Waals surface area contributed by atoms with Gasteiger partial charge in [0.05, 0.1) is 17.3 Å². The summed E-state index contributed by atoms with van der Waals surface area (Å²) in [6, 6.07) is 9.58. The summed E-state index contributed by atoms with van der Waals surface area (Å²) in [5.41, 5.74) is 0. The SMILES string of the molecule is CCNC(=NCCS(=O)c1ccccc1)N1CCN(c2nc(CC)ns2)CC1.I. The van der Waals surface area contributed by atoms with Gasteiger partial charge in [-0.25, -0.2) is 4.98 Å². The van der Waals surface area contributed by atoms with E-state index in [1.54, 1.807) is 0 Å². The van der Waals surface area contributed by atoms with E-state index in [0.717, 1.165) is 61.0 Å². The second-order valence-corrected chi connectivity index (χ2v) is 8.72. The van der Waals surface area contributed by atoms with Crippen molar-refractivity contribution in [3.05, 3.63) is 36.2 Å². The molecule has 1 saturated heterocycles. The van der Waals surface area contributed by atoms with Gasteiger partial charge in [-0.2, -0.15) is 4.37 Å². The molecular formula is C19H29IN6OS2. The lowest BCUT2D eigenvalue weighted by atomic mass is 10.3. The molecule has 1 aromatic carbocycles. The minimum atomic E-state index is -1.01. The third-order valence-electron chi connectivity index (χ3n) is 4.50. The molecule has 0 bridgehead atoms. The van der Waals surface area contributed by atoms with E-state index in [-0.39, 0.29) is 24.0 Å². The Morgan fingerprint density at radius 2 is 1.93 bits per heavy atom. The molecule has 160 valence electrons. The van der Waals surface area contributed by atoms with Gasteiger partial charge in [0.1, 0.15) is 5.82 Å². The maximum absolute atomic E-state index is 12.4.